The van der Waals surface area contributed by atoms with Crippen LogP contribution < -0.4 is 5.32 Å². The van der Waals surface area contributed by atoms with Crippen LogP contribution in [0.5, 0.6) is 0 Å². The molecule has 0 bridgehead atoms. The average Bonchev–Trinajstić information content (AvgIpc) is 3.36. The first-order chi connectivity index (χ1) is 16.6. The van der Waals surface area contributed by atoms with Gasteiger partial charge in [0.05, 0.1) is 33.5 Å². The lowest BCUT2D eigenvalue weighted by Gasteiger charge is -2.14. The summed E-state index contributed by atoms with van der Waals surface area (Å²) in [6.45, 7) is -0.903. The number of alkyl halides is 3. The van der Waals surface area contributed by atoms with E-state index in [-0.39, 0.29) is 5.56 Å². The molecule has 2 heterocycles. The van der Waals surface area contributed by atoms with E-state index in [0.29, 0.717) is 28.4 Å². The summed E-state index contributed by atoms with van der Waals surface area (Å²) in [5.74, 6) is -1.59. The van der Waals surface area contributed by atoms with Gasteiger partial charge in [-0.15, -0.1) is 0 Å². The number of esters is 1. The Morgan fingerprint density at radius 1 is 1.09 bits per heavy atom. The summed E-state index contributed by atoms with van der Waals surface area (Å²) in [6.07, 6.45) is -3.54. The monoisotopic (exact) mass is 485 g/mol. The van der Waals surface area contributed by atoms with Gasteiger partial charge in [0.2, 0.25) is 0 Å². The Morgan fingerprint density at radius 3 is 2.54 bits per heavy atom. The standard InChI is InChI=1S/C23H14F3N3O6/c24-23(25,26)16-10-13(29(32)33)7-8-18(16)28-21(30)12-35-22(31)15-11-19(20-6-3-9-34-20)27-17-5-2-1-4-14(15)17/h1-11H,12H2,(H,28,30). The molecule has 12 heteroatoms. The van der Waals surface area contributed by atoms with Gasteiger partial charge in [0.15, 0.2) is 12.4 Å². The minimum Gasteiger partial charge on any atom is -0.463 e. The molecule has 1 N–H and O–H groups in total. The molecule has 1 amide bonds. The number of ether oxygens (including phenoxy) is 1. The Kier molecular flexibility index (Phi) is 6.19. The lowest BCUT2D eigenvalue weighted by Crippen LogP contribution is -2.23. The van der Waals surface area contributed by atoms with Crippen LogP contribution in [0.1, 0.15) is 15.9 Å². The highest BCUT2D eigenvalue weighted by Gasteiger charge is 2.35. The highest BCUT2D eigenvalue weighted by Crippen LogP contribution is 2.37. The highest BCUT2D eigenvalue weighted by molar-refractivity contribution is 6.05. The molecule has 0 aliphatic carbocycles. The number of non-ortho nitro benzene ring substituents is 1. The number of para-hydroxylation sites is 1. The van der Waals surface area contributed by atoms with Crippen molar-refractivity contribution < 1.29 is 36.8 Å². The number of nitro benzene ring substituents is 1. The molecule has 0 fully saturated rings. The van der Waals surface area contributed by atoms with Crippen LogP contribution in [0.25, 0.3) is 22.4 Å². The summed E-state index contributed by atoms with van der Waals surface area (Å²) in [7, 11) is 0. The zero-order chi connectivity index (χ0) is 25.2. The van der Waals surface area contributed by atoms with Crippen LogP contribution in [0.15, 0.2) is 71.3 Å². The highest BCUT2D eigenvalue weighted by atomic mass is 19.4. The number of hydrogen-bond donors (Lipinski definition) is 1. The van der Waals surface area contributed by atoms with Crippen LogP contribution in [0.3, 0.4) is 0 Å². The molecule has 0 unspecified atom stereocenters. The van der Waals surface area contributed by atoms with Crippen LogP contribution in [0.4, 0.5) is 24.5 Å². The first kappa shape index (κ1) is 23.4. The number of anilines is 1. The van der Waals surface area contributed by atoms with Gasteiger partial charge < -0.3 is 14.5 Å². The van der Waals surface area contributed by atoms with Gasteiger partial charge in [-0.3, -0.25) is 14.9 Å². The van der Waals surface area contributed by atoms with Crippen molar-refractivity contribution >= 4 is 34.2 Å². The lowest BCUT2D eigenvalue weighted by molar-refractivity contribution is -0.385. The van der Waals surface area contributed by atoms with E-state index in [9.17, 15) is 32.9 Å². The molecule has 0 spiro atoms. The van der Waals surface area contributed by atoms with Crippen molar-refractivity contribution in [2.75, 3.05) is 11.9 Å². The van der Waals surface area contributed by atoms with Crippen molar-refractivity contribution in [3.63, 3.8) is 0 Å². The zero-order valence-corrected chi connectivity index (χ0v) is 17.5. The molecule has 2 aromatic heterocycles. The molecular weight excluding hydrogens is 471 g/mol. The Balaban J connectivity index is 1.54. The van der Waals surface area contributed by atoms with Crippen molar-refractivity contribution in [2.24, 2.45) is 0 Å². The van der Waals surface area contributed by atoms with E-state index in [2.05, 4.69) is 4.98 Å². The summed E-state index contributed by atoms with van der Waals surface area (Å²) in [4.78, 5) is 39.3. The number of furan rings is 1. The van der Waals surface area contributed by atoms with E-state index >= 15 is 0 Å². The number of amides is 1. The molecule has 0 aliphatic heterocycles. The number of benzene rings is 2. The number of halogens is 3. The molecule has 0 saturated heterocycles. The molecule has 0 aliphatic rings. The molecule has 2 aromatic carbocycles. The van der Waals surface area contributed by atoms with E-state index in [1.54, 1.807) is 36.4 Å². The summed E-state index contributed by atoms with van der Waals surface area (Å²) in [5.41, 5.74) is -2.04. The molecule has 0 saturated carbocycles. The number of aromatic nitrogens is 1. The number of nitrogens with one attached hydrogen (secondary N) is 1. The van der Waals surface area contributed by atoms with E-state index in [0.717, 1.165) is 12.1 Å². The number of nitro groups is 1. The molecular formula is C23H14F3N3O6. The fraction of sp³-hybridized carbons (Fsp3) is 0.0870. The zero-order valence-electron chi connectivity index (χ0n) is 17.5. The largest absolute Gasteiger partial charge is 0.463 e. The maximum absolute atomic E-state index is 13.3. The van der Waals surface area contributed by atoms with Gasteiger partial charge in [0.25, 0.3) is 11.6 Å². The number of rotatable bonds is 6. The van der Waals surface area contributed by atoms with Crippen molar-refractivity contribution in [1.82, 2.24) is 4.98 Å². The fourth-order valence-electron chi connectivity index (χ4n) is 3.28. The third-order valence-corrected chi connectivity index (χ3v) is 4.84. The van der Waals surface area contributed by atoms with Gasteiger partial charge in [0, 0.05) is 17.5 Å². The van der Waals surface area contributed by atoms with Crippen molar-refractivity contribution in [2.45, 2.75) is 6.18 Å². The normalized spacial score (nSPS) is 11.3. The van der Waals surface area contributed by atoms with Gasteiger partial charge in [-0.2, -0.15) is 13.2 Å². The molecule has 35 heavy (non-hydrogen) atoms. The van der Waals surface area contributed by atoms with E-state index in [4.69, 9.17) is 9.15 Å². The Hall–Kier alpha value is -4.74. The summed E-state index contributed by atoms with van der Waals surface area (Å²) >= 11 is 0. The third-order valence-electron chi connectivity index (χ3n) is 4.84. The molecule has 178 valence electrons. The second-order valence-corrected chi connectivity index (χ2v) is 7.16. The maximum Gasteiger partial charge on any atom is 0.418 e. The SMILES string of the molecule is O=C(COC(=O)c1cc(-c2ccco2)nc2ccccc12)Nc1ccc([N+](=O)[O-])cc1C(F)(F)F. The number of carbonyl (C=O) groups is 2. The minimum atomic E-state index is -4.97. The quantitative estimate of drug-likeness (QED) is 0.226. The van der Waals surface area contributed by atoms with Gasteiger partial charge in [-0.05, 0) is 30.3 Å². The lowest BCUT2D eigenvalue weighted by atomic mass is 10.1. The number of nitrogens with zero attached hydrogens (tertiary/aromatic N) is 2. The molecule has 9 nitrogen and oxygen atoms in total. The first-order valence-corrected chi connectivity index (χ1v) is 9.90. The molecule has 0 atom stereocenters. The summed E-state index contributed by atoms with van der Waals surface area (Å²) < 4.78 is 50.3. The minimum absolute atomic E-state index is 0.0705. The van der Waals surface area contributed by atoms with Crippen LogP contribution in [0, 0.1) is 10.1 Å². The van der Waals surface area contributed by atoms with E-state index < -0.39 is 46.5 Å². The Bertz CT molecular complexity index is 1430. The summed E-state index contributed by atoms with van der Waals surface area (Å²) in [6, 6.07) is 13.3. The first-order valence-electron chi connectivity index (χ1n) is 9.90. The van der Waals surface area contributed by atoms with Gasteiger partial charge >= 0.3 is 12.1 Å². The molecule has 4 rings (SSSR count). The van der Waals surface area contributed by atoms with Crippen LogP contribution in [0.2, 0.25) is 0 Å². The van der Waals surface area contributed by atoms with Crippen LogP contribution in [-0.4, -0.2) is 28.4 Å². The van der Waals surface area contributed by atoms with Crippen molar-refractivity contribution in [1.29, 1.82) is 0 Å². The topological polar surface area (TPSA) is 125 Å². The maximum atomic E-state index is 13.3. The van der Waals surface area contributed by atoms with Crippen molar-refractivity contribution in [3.8, 4) is 11.5 Å². The third kappa shape index (κ3) is 5.11. The predicted molar refractivity (Wildman–Crippen MR) is 116 cm³/mol. The van der Waals surface area contributed by atoms with Crippen LogP contribution in [-0.2, 0) is 15.7 Å². The smallest absolute Gasteiger partial charge is 0.418 e. The number of hydrogen-bond acceptors (Lipinski definition) is 7. The van der Waals surface area contributed by atoms with Crippen LogP contribution >= 0.6 is 0 Å². The predicted octanol–water partition coefficient (Wildman–Crippen LogP) is 5.22. The average molecular weight is 485 g/mol. The van der Waals surface area contributed by atoms with Gasteiger partial charge in [-0.1, -0.05) is 18.2 Å². The van der Waals surface area contributed by atoms with E-state index in [1.165, 1.54) is 12.3 Å². The second-order valence-electron chi connectivity index (χ2n) is 7.16. The van der Waals surface area contributed by atoms with Crippen molar-refractivity contribution in [3.05, 3.63) is 88.2 Å². The Morgan fingerprint density at radius 2 is 1.86 bits per heavy atom. The number of carbonyl (C=O) groups excluding carboxylic acids is 2. The molecule has 0 radical (unpaired) electrons. The summed E-state index contributed by atoms with van der Waals surface area (Å²) in [5, 5.41) is 13.2. The second kappa shape index (κ2) is 9.25. The van der Waals surface area contributed by atoms with Gasteiger partial charge in [-0.25, -0.2) is 9.78 Å². The number of fused-ring (bicyclic) bond motifs is 1. The number of pyridine rings is 1. The van der Waals surface area contributed by atoms with Gasteiger partial charge in [0.1, 0.15) is 5.69 Å². The fourth-order valence-corrected chi connectivity index (χ4v) is 3.28. The Labute approximate surface area is 194 Å². The van der Waals surface area contributed by atoms with E-state index in [1.807, 2.05) is 5.32 Å². The molecule has 4 aromatic rings.